The highest BCUT2D eigenvalue weighted by atomic mass is 16.5. The van der Waals surface area contributed by atoms with Crippen molar-refractivity contribution in [3.63, 3.8) is 0 Å². The van der Waals surface area contributed by atoms with Crippen LogP contribution < -0.4 is 11.5 Å². The summed E-state index contributed by atoms with van der Waals surface area (Å²) in [6.45, 7) is 5.15. The Morgan fingerprint density at radius 1 is 1.50 bits per heavy atom. The summed E-state index contributed by atoms with van der Waals surface area (Å²) >= 11 is 0. The molecule has 0 radical (unpaired) electrons. The summed E-state index contributed by atoms with van der Waals surface area (Å²) in [5, 5.41) is 3.72. The average Bonchev–Trinajstić information content (AvgIpc) is 2.72. The summed E-state index contributed by atoms with van der Waals surface area (Å²) < 4.78 is 4.51. The van der Waals surface area contributed by atoms with Gasteiger partial charge in [0.1, 0.15) is 0 Å². The van der Waals surface area contributed by atoms with Gasteiger partial charge in [0, 0.05) is 6.42 Å². The summed E-state index contributed by atoms with van der Waals surface area (Å²) in [7, 11) is 0. The second kappa shape index (κ2) is 3.73. The zero-order valence-electron chi connectivity index (χ0n) is 9.88. The van der Waals surface area contributed by atoms with E-state index in [1.807, 2.05) is 0 Å². The van der Waals surface area contributed by atoms with E-state index in [0.29, 0.717) is 24.2 Å². The lowest BCUT2D eigenvalue weighted by Crippen LogP contribution is -2.31. The molecular formula is C11H19N3O2. The minimum absolute atomic E-state index is 0.0727. The van der Waals surface area contributed by atoms with Crippen molar-refractivity contribution in [2.24, 2.45) is 16.6 Å². The van der Waals surface area contributed by atoms with Gasteiger partial charge in [0.15, 0.2) is 5.82 Å². The van der Waals surface area contributed by atoms with Crippen molar-refractivity contribution in [2.75, 3.05) is 6.54 Å². The first-order valence-electron chi connectivity index (χ1n) is 5.70. The number of aromatic nitrogens is 2. The maximum atomic E-state index is 10.9. The normalized spacial score (nSPS) is 28.4. The van der Waals surface area contributed by atoms with Crippen LogP contribution in [0.2, 0.25) is 0 Å². The minimum Gasteiger partial charge on any atom is -0.330 e. The van der Waals surface area contributed by atoms with Crippen molar-refractivity contribution in [2.45, 2.75) is 39.5 Å². The first-order chi connectivity index (χ1) is 7.45. The Balaban J connectivity index is 2.15. The molecule has 1 heterocycles. The number of aromatic amines is 1. The average molecular weight is 225 g/mol. The molecule has 1 aromatic rings. The number of H-pyrrole nitrogens is 1. The zero-order valence-corrected chi connectivity index (χ0v) is 9.88. The molecule has 1 aliphatic carbocycles. The van der Waals surface area contributed by atoms with Crippen LogP contribution in [0.5, 0.6) is 0 Å². The van der Waals surface area contributed by atoms with Crippen molar-refractivity contribution in [3.8, 4) is 0 Å². The van der Waals surface area contributed by atoms with Gasteiger partial charge in [0.2, 0.25) is 0 Å². The predicted molar refractivity (Wildman–Crippen MR) is 59.9 cm³/mol. The van der Waals surface area contributed by atoms with Gasteiger partial charge >= 0.3 is 5.76 Å². The maximum absolute atomic E-state index is 10.9. The number of hydrogen-bond donors (Lipinski definition) is 2. The molecule has 0 aromatic carbocycles. The van der Waals surface area contributed by atoms with Crippen LogP contribution in [0.4, 0.5) is 0 Å². The van der Waals surface area contributed by atoms with Crippen LogP contribution in [-0.2, 0) is 6.42 Å². The molecule has 5 heteroatoms. The Bertz CT molecular complexity index is 421. The lowest BCUT2D eigenvalue weighted by molar-refractivity contribution is 0.252. The topological polar surface area (TPSA) is 84.9 Å². The molecule has 1 aliphatic rings. The fraction of sp³-hybridized carbons (Fsp3) is 0.818. The second-order valence-electron chi connectivity index (χ2n) is 5.76. The summed E-state index contributed by atoms with van der Waals surface area (Å²) in [4.78, 5) is 13.5. The molecule has 90 valence electrons. The third-order valence-corrected chi connectivity index (χ3v) is 3.65. The van der Waals surface area contributed by atoms with E-state index >= 15 is 0 Å². The van der Waals surface area contributed by atoms with Crippen LogP contribution in [0.25, 0.3) is 0 Å². The molecule has 1 saturated carbocycles. The second-order valence-corrected chi connectivity index (χ2v) is 5.76. The summed E-state index contributed by atoms with van der Waals surface area (Å²) in [6, 6.07) is 0. The molecule has 1 fully saturated rings. The van der Waals surface area contributed by atoms with E-state index < -0.39 is 5.76 Å². The van der Waals surface area contributed by atoms with Crippen molar-refractivity contribution >= 4 is 0 Å². The summed E-state index contributed by atoms with van der Waals surface area (Å²) in [5.41, 5.74) is 6.30. The molecule has 0 saturated heterocycles. The minimum atomic E-state index is -0.487. The Morgan fingerprint density at radius 3 is 2.69 bits per heavy atom. The largest absolute Gasteiger partial charge is 0.438 e. The number of nitrogens with zero attached hydrogens (tertiary/aromatic N) is 1. The van der Waals surface area contributed by atoms with Gasteiger partial charge in [-0.2, -0.15) is 0 Å². The highest BCUT2D eigenvalue weighted by Crippen LogP contribution is 2.49. The van der Waals surface area contributed by atoms with E-state index in [2.05, 4.69) is 28.5 Å². The number of nitrogens with one attached hydrogen (secondary N) is 1. The number of rotatable bonds is 3. The smallest absolute Gasteiger partial charge is 0.330 e. The van der Waals surface area contributed by atoms with Crippen LogP contribution in [-0.4, -0.2) is 16.7 Å². The van der Waals surface area contributed by atoms with Gasteiger partial charge in [0.05, 0.1) is 0 Å². The third-order valence-electron chi connectivity index (χ3n) is 3.65. The van der Waals surface area contributed by atoms with Crippen LogP contribution in [0.15, 0.2) is 9.32 Å². The van der Waals surface area contributed by atoms with E-state index in [4.69, 9.17) is 5.73 Å². The van der Waals surface area contributed by atoms with E-state index in [1.165, 1.54) is 6.42 Å². The van der Waals surface area contributed by atoms with Crippen LogP contribution in [0.1, 0.15) is 38.9 Å². The van der Waals surface area contributed by atoms with E-state index in [9.17, 15) is 4.79 Å². The van der Waals surface area contributed by atoms with Crippen molar-refractivity contribution < 1.29 is 4.52 Å². The Kier molecular flexibility index (Phi) is 2.66. The fourth-order valence-corrected chi connectivity index (χ4v) is 2.88. The summed E-state index contributed by atoms with van der Waals surface area (Å²) in [6.07, 6.45) is 4.04. The predicted octanol–water partition coefficient (Wildman–Crippen LogP) is 1.06. The SMILES string of the molecule is CC1(C)CCC(CN)(Cc2noc(=O)[nH]2)C1. The van der Waals surface area contributed by atoms with Crippen LogP contribution in [0.3, 0.4) is 0 Å². The van der Waals surface area contributed by atoms with Crippen LogP contribution in [0, 0.1) is 10.8 Å². The lowest BCUT2D eigenvalue weighted by Gasteiger charge is -2.28. The van der Waals surface area contributed by atoms with Crippen LogP contribution >= 0.6 is 0 Å². The highest BCUT2D eigenvalue weighted by Gasteiger charge is 2.42. The third kappa shape index (κ3) is 2.19. The zero-order chi connectivity index (χ0) is 11.8. The molecule has 1 aromatic heterocycles. The van der Waals surface area contributed by atoms with Gasteiger partial charge in [-0.1, -0.05) is 19.0 Å². The molecule has 5 nitrogen and oxygen atoms in total. The number of nitrogens with two attached hydrogens (primary N) is 1. The Morgan fingerprint density at radius 2 is 2.25 bits per heavy atom. The van der Waals surface area contributed by atoms with Gasteiger partial charge in [-0.3, -0.25) is 9.51 Å². The molecule has 3 N–H and O–H groups in total. The molecule has 0 amide bonds. The maximum Gasteiger partial charge on any atom is 0.438 e. The number of hydrogen-bond acceptors (Lipinski definition) is 4. The Labute approximate surface area is 94.4 Å². The van der Waals surface area contributed by atoms with Crippen molar-refractivity contribution in [1.82, 2.24) is 10.1 Å². The molecular weight excluding hydrogens is 206 g/mol. The van der Waals surface area contributed by atoms with Gasteiger partial charge in [-0.25, -0.2) is 4.79 Å². The van der Waals surface area contributed by atoms with E-state index in [1.54, 1.807) is 0 Å². The fourth-order valence-electron chi connectivity index (χ4n) is 2.88. The standard InChI is InChI=1S/C11H19N3O2/c1-10(2)3-4-11(6-10,7-12)5-8-13-9(15)16-14-8/h3-7,12H2,1-2H3,(H,13,14,15). The molecule has 0 aliphatic heterocycles. The van der Waals surface area contributed by atoms with Gasteiger partial charge in [-0.05, 0) is 36.6 Å². The monoisotopic (exact) mass is 225 g/mol. The molecule has 16 heavy (non-hydrogen) atoms. The van der Waals surface area contributed by atoms with E-state index in [-0.39, 0.29) is 5.41 Å². The first-order valence-corrected chi connectivity index (χ1v) is 5.70. The lowest BCUT2D eigenvalue weighted by atomic mass is 9.79. The van der Waals surface area contributed by atoms with Gasteiger partial charge in [-0.15, -0.1) is 0 Å². The molecule has 2 rings (SSSR count). The molecule has 1 atom stereocenters. The van der Waals surface area contributed by atoms with Crippen molar-refractivity contribution in [1.29, 1.82) is 0 Å². The van der Waals surface area contributed by atoms with E-state index in [0.717, 1.165) is 12.8 Å². The molecule has 1 unspecified atom stereocenters. The highest BCUT2D eigenvalue weighted by molar-refractivity contribution is 4.99. The van der Waals surface area contributed by atoms with Gasteiger partial charge < -0.3 is 5.73 Å². The van der Waals surface area contributed by atoms with Gasteiger partial charge in [0.25, 0.3) is 0 Å². The van der Waals surface area contributed by atoms with Crippen molar-refractivity contribution in [3.05, 3.63) is 16.4 Å². The Hall–Kier alpha value is -1.10. The first kappa shape index (κ1) is 11.4. The quantitative estimate of drug-likeness (QED) is 0.805. The molecule has 0 spiro atoms. The summed E-state index contributed by atoms with van der Waals surface area (Å²) in [5.74, 6) is 0.132. The molecule has 0 bridgehead atoms.